The Kier molecular flexibility index (Phi) is 10.6. The molecule has 2 saturated heterocycles. The standard InChI is InChI=1S/C32H36FN7O.C2H6/c1-22-16-23(2)28(17-27(22)21-37-8-10-38(11-9-37)30-7-5-4-6-25(30)19-34)32(41)40-14-12-39(13-15-40)31-26(20-35)18-29(33)24(3)36-31;1-2/h4-7,16-18,31,36H,8-15,21H2,1-3H3;1-2H3. The number of nitriles is 2. The van der Waals surface area contributed by atoms with Crippen molar-refractivity contribution in [3.8, 4) is 12.1 Å². The molecule has 1 amide bonds. The number of aryl methyl sites for hydroxylation is 2. The summed E-state index contributed by atoms with van der Waals surface area (Å²) < 4.78 is 14.0. The molecule has 2 aromatic rings. The van der Waals surface area contributed by atoms with Crippen molar-refractivity contribution in [1.82, 2.24) is 20.0 Å². The maximum Gasteiger partial charge on any atom is 0.254 e. The number of nitrogens with zero attached hydrogens (tertiary/aromatic N) is 6. The summed E-state index contributed by atoms with van der Waals surface area (Å²) >= 11 is 0. The van der Waals surface area contributed by atoms with E-state index in [0.29, 0.717) is 43.0 Å². The van der Waals surface area contributed by atoms with Crippen LogP contribution in [-0.2, 0) is 6.54 Å². The highest BCUT2D eigenvalue weighted by Gasteiger charge is 2.31. The van der Waals surface area contributed by atoms with Gasteiger partial charge in [0, 0.05) is 70.2 Å². The van der Waals surface area contributed by atoms with Crippen LogP contribution in [0.1, 0.15) is 53.4 Å². The third kappa shape index (κ3) is 7.07. The van der Waals surface area contributed by atoms with E-state index in [1.54, 1.807) is 6.92 Å². The minimum absolute atomic E-state index is 0.0242. The van der Waals surface area contributed by atoms with Gasteiger partial charge in [-0.3, -0.25) is 14.6 Å². The molecule has 0 radical (unpaired) electrons. The summed E-state index contributed by atoms with van der Waals surface area (Å²) in [5, 5.41) is 22.1. The van der Waals surface area contributed by atoms with Crippen molar-refractivity contribution in [2.75, 3.05) is 57.3 Å². The summed E-state index contributed by atoms with van der Waals surface area (Å²) in [6.45, 7) is 16.2. The predicted octanol–water partition coefficient (Wildman–Crippen LogP) is 4.86. The molecule has 2 aromatic carbocycles. The number of nitrogens with one attached hydrogen (secondary N) is 1. The SMILES string of the molecule is CC.CC1=C(F)C=C(C#N)C(N2CCN(C(=O)c3cc(CN4CCN(c5ccccc5C#N)CC4)c(C)cc3C)CC2)N1. The molecule has 3 aliphatic rings. The highest BCUT2D eigenvalue weighted by atomic mass is 19.1. The van der Waals surface area contributed by atoms with E-state index in [4.69, 9.17) is 0 Å². The van der Waals surface area contributed by atoms with Crippen LogP contribution in [0.15, 0.2) is 59.6 Å². The first-order chi connectivity index (χ1) is 20.8. The summed E-state index contributed by atoms with van der Waals surface area (Å²) in [6, 6.07) is 16.3. The van der Waals surface area contributed by atoms with E-state index in [0.717, 1.165) is 55.1 Å². The molecule has 9 heteroatoms. The van der Waals surface area contributed by atoms with Crippen LogP contribution in [0.5, 0.6) is 0 Å². The molecule has 226 valence electrons. The van der Waals surface area contributed by atoms with Crippen LogP contribution in [0.2, 0.25) is 0 Å². The van der Waals surface area contributed by atoms with Crippen molar-refractivity contribution < 1.29 is 9.18 Å². The van der Waals surface area contributed by atoms with Crippen LogP contribution in [0.4, 0.5) is 10.1 Å². The van der Waals surface area contributed by atoms with Crippen molar-refractivity contribution in [2.24, 2.45) is 0 Å². The number of carbonyl (C=O) groups excluding carboxylic acids is 1. The van der Waals surface area contributed by atoms with Crippen LogP contribution in [0, 0.1) is 36.5 Å². The molecule has 0 bridgehead atoms. The highest BCUT2D eigenvalue weighted by molar-refractivity contribution is 5.96. The number of anilines is 1. The summed E-state index contributed by atoms with van der Waals surface area (Å²) in [7, 11) is 0. The van der Waals surface area contributed by atoms with Gasteiger partial charge in [-0.1, -0.05) is 32.0 Å². The molecule has 0 aliphatic carbocycles. The third-order valence-corrected chi connectivity index (χ3v) is 8.43. The fraction of sp³-hybridized carbons (Fsp3) is 0.441. The second kappa shape index (κ2) is 14.3. The Morgan fingerprint density at radius 3 is 2.26 bits per heavy atom. The Hall–Kier alpha value is -4.18. The third-order valence-electron chi connectivity index (χ3n) is 8.43. The lowest BCUT2D eigenvalue weighted by Gasteiger charge is -2.40. The Morgan fingerprint density at radius 1 is 0.930 bits per heavy atom. The molecule has 5 rings (SSSR count). The van der Waals surface area contributed by atoms with Gasteiger partial charge in [0.05, 0.1) is 22.9 Å². The molecule has 43 heavy (non-hydrogen) atoms. The molecular weight excluding hydrogens is 541 g/mol. The van der Waals surface area contributed by atoms with Gasteiger partial charge in [-0.25, -0.2) is 4.39 Å². The van der Waals surface area contributed by atoms with Crippen molar-refractivity contribution in [3.05, 3.63) is 87.4 Å². The van der Waals surface area contributed by atoms with Crippen molar-refractivity contribution in [1.29, 1.82) is 10.5 Å². The smallest absolute Gasteiger partial charge is 0.254 e. The number of para-hydroxylation sites is 1. The van der Waals surface area contributed by atoms with Gasteiger partial charge in [0.1, 0.15) is 18.1 Å². The molecule has 1 unspecified atom stereocenters. The summed E-state index contributed by atoms with van der Waals surface area (Å²) in [5.74, 6) is -0.389. The lowest BCUT2D eigenvalue weighted by Crippen LogP contribution is -2.56. The maximum absolute atomic E-state index is 14.0. The minimum Gasteiger partial charge on any atom is -0.368 e. The van der Waals surface area contributed by atoms with Crippen molar-refractivity contribution in [2.45, 2.75) is 47.3 Å². The van der Waals surface area contributed by atoms with Gasteiger partial charge < -0.3 is 15.1 Å². The van der Waals surface area contributed by atoms with E-state index in [1.807, 2.05) is 49.9 Å². The first-order valence-corrected chi connectivity index (χ1v) is 15.1. The number of allylic oxidation sites excluding steroid dienone is 3. The monoisotopic (exact) mass is 583 g/mol. The van der Waals surface area contributed by atoms with Gasteiger partial charge in [-0.2, -0.15) is 10.5 Å². The van der Waals surface area contributed by atoms with Crippen LogP contribution >= 0.6 is 0 Å². The zero-order valence-electron chi connectivity index (χ0n) is 26.0. The van der Waals surface area contributed by atoms with Gasteiger partial charge in [0.15, 0.2) is 0 Å². The van der Waals surface area contributed by atoms with Crippen molar-refractivity contribution in [3.63, 3.8) is 0 Å². The molecule has 8 nitrogen and oxygen atoms in total. The maximum atomic E-state index is 14.0. The quantitative estimate of drug-likeness (QED) is 0.538. The van der Waals surface area contributed by atoms with Gasteiger partial charge in [-0.05, 0) is 61.7 Å². The number of halogens is 1. The summed E-state index contributed by atoms with van der Waals surface area (Å²) in [4.78, 5) is 22.3. The van der Waals surface area contributed by atoms with E-state index in [1.165, 1.54) is 11.6 Å². The highest BCUT2D eigenvalue weighted by Crippen LogP contribution is 2.25. The molecule has 1 atom stereocenters. The summed E-state index contributed by atoms with van der Waals surface area (Å²) in [6.07, 6.45) is 0.925. The van der Waals surface area contributed by atoms with Crippen LogP contribution in [0.3, 0.4) is 0 Å². The number of piperazine rings is 2. The molecular formula is C34H42FN7O. The lowest BCUT2D eigenvalue weighted by molar-refractivity contribution is 0.0577. The Labute approximate surface area is 255 Å². The van der Waals surface area contributed by atoms with E-state index in [-0.39, 0.29) is 12.1 Å². The topological polar surface area (TPSA) is 89.6 Å². The molecule has 2 fully saturated rings. The van der Waals surface area contributed by atoms with E-state index in [9.17, 15) is 19.7 Å². The number of hydrogen-bond donors (Lipinski definition) is 1. The van der Waals surface area contributed by atoms with Gasteiger partial charge >= 0.3 is 0 Å². The number of hydrogen-bond acceptors (Lipinski definition) is 7. The van der Waals surface area contributed by atoms with E-state index >= 15 is 0 Å². The first-order valence-electron chi connectivity index (χ1n) is 15.1. The largest absolute Gasteiger partial charge is 0.368 e. The second-order valence-corrected chi connectivity index (χ2v) is 11.0. The van der Waals surface area contributed by atoms with E-state index < -0.39 is 5.83 Å². The zero-order valence-corrected chi connectivity index (χ0v) is 26.0. The Morgan fingerprint density at radius 2 is 1.60 bits per heavy atom. The van der Waals surface area contributed by atoms with Crippen LogP contribution in [-0.4, -0.2) is 79.1 Å². The average Bonchev–Trinajstić information content (AvgIpc) is 3.04. The van der Waals surface area contributed by atoms with E-state index in [2.05, 4.69) is 51.2 Å². The number of benzene rings is 2. The van der Waals surface area contributed by atoms with Crippen LogP contribution in [0.25, 0.3) is 0 Å². The number of carbonyl (C=O) groups is 1. The Balaban J connectivity index is 0.00000207. The molecule has 3 heterocycles. The lowest BCUT2D eigenvalue weighted by atomic mass is 9.98. The normalized spacial score (nSPS) is 19.4. The fourth-order valence-electron chi connectivity index (χ4n) is 5.94. The molecule has 0 spiro atoms. The Bertz CT molecular complexity index is 1470. The minimum atomic E-state index is -0.413. The number of rotatable bonds is 5. The summed E-state index contributed by atoms with van der Waals surface area (Å²) in [5.41, 5.74) is 6.50. The average molecular weight is 584 g/mol. The van der Waals surface area contributed by atoms with Gasteiger partial charge in [0.2, 0.25) is 0 Å². The molecule has 0 aromatic heterocycles. The van der Waals surface area contributed by atoms with Crippen molar-refractivity contribution >= 4 is 11.6 Å². The number of amides is 1. The fourth-order valence-corrected chi connectivity index (χ4v) is 5.94. The predicted molar refractivity (Wildman–Crippen MR) is 168 cm³/mol. The van der Waals surface area contributed by atoms with Crippen LogP contribution < -0.4 is 10.2 Å². The first kappa shape index (κ1) is 31.7. The molecule has 0 saturated carbocycles. The molecule has 3 aliphatic heterocycles. The number of dihydropyridines is 1. The zero-order chi connectivity index (χ0) is 31.1. The van der Waals surface area contributed by atoms with Gasteiger partial charge in [-0.15, -0.1) is 0 Å². The second-order valence-electron chi connectivity index (χ2n) is 11.0. The van der Waals surface area contributed by atoms with Gasteiger partial charge in [0.25, 0.3) is 5.91 Å². The molecule has 1 N–H and O–H groups in total.